The lowest BCUT2D eigenvalue weighted by Crippen LogP contribution is -2.30. The molecule has 0 aromatic carbocycles. The molecule has 0 radical (unpaired) electrons. The lowest BCUT2D eigenvalue weighted by Gasteiger charge is -2.18. The summed E-state index contributed by atoms with van der Waals surface area (Å²) in [6, 6.07) is 1.96. The van der Waals surface area contributed by atoms with Crippen molar-refractivity contribution < 1.29 is 9.90 Å². The third-order valence-electron chi connectivity index (χ3n) is 4.60. The van der Waals surface area contributed by atoms with Crippen molar-refractivity contribution in [3.05, 3.63) is 18.0 Å². The van der Waals surface area contributed by atoms with Crippen molar-refractivity contribution in [3.63, 3.8) is 0 Å². The first-order valence-corrected chi connectivity index (χ1v) is 7.06. The van der Waals surface area contributed by atoms with Gasteiger partial charge in [-0.1, -0.05) is 0 Å². The predicted molar refractivity (Wildman–Crippen MR) is 70.3 cm³/mol. The number of carbonyl (C=O) groups is 1. The molecule has 1 saturated carbocycles. The maximum absolute atomic E-state index is 12.2. The number of fused-ring (bicyclic) bond motifs is 1. The van der Waals surface area contributed by atoms with E-state index in [1.807, 2.05) is 22.7 Å². The molecule has 104 valence electrons. The van der Waals surface area contributed by atoms with E-state index < -0.39 is 0 Å². The van der Waals surface area contributed by atoms with E-state index in [-0.39, 0.29) is 12.0 Å². The summed E-state index contributed by atoms with van der Waals surface area (Å²) in [4.78, 5) is 14.2. The van der Waals surface area contributed by atoms with E-state index in [4.69, 9.17) is 0 Å². The Labute approximate surface area is 113 Å². The number of rotatable bonds is 3. The average Bonchev–Trinajstić information content (AvgIpc) is 3.00. The maximum Gasteiger partial charge on any atom is 0.222 e. The van der Waals surface area contributed by atoms with Gasteiger partial charge in [0.1, 0.15) is 0 Å². The number of aliphatic hydroxyl groups excluding tert-OH is 1. The number of hydrogen-bond acceptors (Lipinski definition) is 3. The first kappa shape index (κ1) is 12.7. The average molecular weight is 263 g/mol. The summed E-state index contributed by atoms with van der Waals surface area (Å²) in [5.74, 6) is 1.29. The molecular formula is C14H21N3O2. The summed E-state index contributed by atoms with van der Waals surface area (Å²) in [6.45, 7) is 1.68. The third-order valence-corrected chi connectivity index (χ3v) is 4.60. The minimum atomic E-state index is -0.137. The summed E-state index contributed by atoms with van der Waals surface area (Å²) < 4.78 is 1.82. The molecule has 5 heteroatoms. The highest BCUT2D eigenvalue weighted by molar-refractivity contribution is 5.76. The second-order valence-electron chi connectivity index (χ2n) is 5.89. The predicted octanol–water partition coefficient (Wildman–Crippen LogP) is 0.582. The molecule has 1 amide bonds. The molecule has 2 aliphatic rings. The number of aliphatic hydroxyl groups is 1. The van der Waals surface area contributed by atoms with E-state index in [1.54, 1.807) is 6.20 Å². The molecule has 1 N–H and O–H groups in total. The van der Waals surface area contributed by atoms with Gasteiger partial charge in [0.25, 0.3) is 0 Å². The maximum atomic E-state index is 12.2. The minimum Gasteiger partial charge on any atom is -0.393 e. The molecule has 1 aliphatic heterocycles. The summed E-state index contributed by atoms with van der Waals surface area (Å²) in [5.41, 5.74) is 1.10. The Hall–Kier alpha value is -1.36. The molecule has 3 atom stereocenters. The fourth-order valence-electron chi connectivity index (χ4n) is 3.51. The summed E-state index contributed by atoms with van der Waals surface area (Å²) >= 11 is 0. The largest absolute Gasteiger partial charge is 0.393 e. The zero-order chi connectivity index (χ0) is 13.4. The van der Waals surface area contributed by atoms with Crippen LogP contribution in [0, 0.1) is 11.8 Å². The van der Waals surface area contributed by atoms with Crippen LogP contribution in [-0.2, 0) is 18.3 Å². The van der Waals surface area contributed by atoms with Gasteiger partial charge in [-0.05, 0) is 37.2 Å². The summed E-state index contributed by atoms with van der Waals surface area (Å²) in [5, 5.41) is 13.7. The van der Waals surface area contributed by atoms with E-state index in [9.17, 15) is 9.90 Å². The molecule has 0 bridgehead atoms. The fraction of sp³-hybridized carbons (Fsp3) is 0.714. The highest BCUT2D eigenvalue weighted by Crippen LogP contribution is 2.38. The van der Waals surface area contributed by atoms with Gasteiger partial charge in [-0.2, -0.15) is 5.10 Å². The van der Waals surface area contributed by atoms with E-state index >= 15 is 0 Å². The van der Waals surface area contributed by atoms with Crippen LogP contribution in [0.3, 0.4) is 0 Å². The van der Waals surface area contributed by atoms with Crippen LogP contribution in [0.5, 0.6) is 0 Å². The second kappa shape index (κ2) is 4.96. The van der Waals surface area contributed by atoms with Crippen molar-refractivity contribution in [2.75, 3.05) is 13.1 Å². The van der Waals surface area contributed by atoms with Crippen molar-refractivity contribution in [1.82, 2.24) is 14.7 Å². The molecule has 5 nitrogen and oxygen atoms in total. The number of amides is 1. The molecule has 1 saturated heterocycles. The van der Waals surface area contributed by atoms with Crippen LogP contribution in [0.25, 0.3) is 0 Å². The SMILES string of the molecule is Cn1nccc1CCC(=O)N1C[C@H]2CC(O)C[C@H]2C1. The molecule has 1 unspecified atom stereocenters. The van der Waals surface area contributed by atoms with Crippen molar-refractivity contribution in [2.24, 2.45) is 18.9 Å². The number of likely N-dealkylation sites (tertiary alicyclic amines) is 1. The zero-order valence-electron chi connectivity index (χ0n) is 11.3. The molecule has 1 aromatic heterocycles. The number of hydrogen-bond donors (Lipinski definition) is 1. The molecule has 19 heavy (non-hydrogen) atoms. The van der Waals surface area contributed by atoms with Gasteiger partial charge in [0.2, 0.25) is 5.91 Å². The summed E-state index contributed by atoms with van der Waals surface area (Å²) in [6.07, 6.45) is 4.68. The third kappa shape index (κ3) is 2.52. The lowest BCUT2D eigenvalue weighted by atomic mass is 10.0. The molecule has 3 rings (SSSR count). The van der Waals surface area contributed by atoms with Crippen LogP contribution in [0.1, 0.15) is 25.0 Å². The van der Waals surface area contributed by atoms with Crippen LogP contribution in [0.2, 0.25) is 0 Å². The van der Waals surface area contributed by atoms with E-state index in [0.29, 0.717) is 18.3 Å². The number of carbonyl (C=O) groups excluding carboxylic acids is 1. The highest BCUT2D eigenvalue weighted by atomic mass is 16.3. The van der Waals surface area contributed by atoms with Gasteiger partial charge < -0.3 is 10.0 Å². The molecule has 2 heterocycles. The first-order valence-electron chi connectivity index (χ1n) is 7.06. The van der Waals surface area contributed by atoms with E-state index in [2.05, 4.69) is 5.10 Å². The van der Waals surface area contributed by atoms with E-state index in [0.717, 1.165) is 38.0 Å². The van der Waals surface area contributed by atoms with Crippen LogP contribution >= 0.6 is 0 Å². The second-order valence-corrected chi connectivity index (χ2v) is 5.89. The Morgan fingerprint density at radius 3 is 2.68 bits per heavy atom. The molecular weight excluding hydrogens is 242 g/mol. The monoisotopic (exact) mass is 263 g/mol. The van der Waals surface area contributed by atoms with Gasteiger partial charge in [-0.25, -0.2) is 0 Å². The standard InChI is InChI=1S/C14H21N3O2/c1-16-12(4-5-15-16)2-3-14(19)17-8-10-6-13(18)7-11(10)9-17/h4-5,10-11,13,18H,2-3,6-9H2,1H3/t10-,11+,13?. The minimum absolute atomic E-state index is 0.137. The fourth-order valence-corrected chi connectivity index (χ4v) is 3.51. The van der Waals surface area contributed by atoms with Gasteiger partial charge in [-0.15, -0.1) is 0 Å². The molecule has 0 spiro atoms. The lowest BCUT2D eigenvalue weighted by molar-refractivity contribution is -0.130. The quantitative estimate of drug-likeness (QED) is 0.868. The van der Waals surface area contributed by atoms with Crippen molar-refractivity contribution in [2.45, 2.75) is 31.8 Å². The van der Waals surface area contributed by atoms with Gasteiger partial charge in [0.15, 0.2) is 0 Å². The van der Waals surface area contributed by atoms with Gasteiger partial charge in [0, 0.05) is 38.4 Å². The topological polar surface area (TPSA) is 58.4 Å². The van der Waals surface area contributed by atoms with Gasteiger partial charge in [-0.3, -0.25) is 9.48 Å². The summed E-state index contributed by atoms with van der Waals surface area (Å²) in [7, 11) is 1.90. The molecule has 2 fully saturated rings. The Kier molecular flexibility index (Phi) is 3.31. The van der Waals surface area contributed by atoms with Crippen LogP contribution in [0.15, 0.2) is 12.3 Å². The smallest absolute Gasteiger partial charge is 0.222 e. The molecule has 1 aromatic rings. The number of aryl methyl sites for hydroxylation is 2. The Balaban J connectivity index is 1.51. The Morgan fingerprint density at radius 2 is 2.11 bits per heavy atom. The number of nitrogens with zero attached hydrogens (tertiary/aromatic N) is 3. The van der Waals surface area contributed by atoms with Crippen molar-refractivity contribution in [3.8, 4) is 0 Å². The van der Waals surface area contributed by atoms with Crippen molar-refractivity contribution in [1.29, 1.82) is 0 Å². The Bertz CT molecular complexity index is 457. The van der Waals surface area contributed by atoms with Crippen molar-refractivity contribution >= 4 is 5.91 Å². The van der Waals surface area contributed by atoms with Gasteiger partial charge >= 0.3 is 0 Å². The van der Waals surface area contributed by atoms with Crippen LogP contribution < -0.4 is 0 Å². The first-order chi connectivity index (χ1) is 9.13. The zero-order valence-corrected chi connectivity index (χ0v) is 11.3. The number of aromatic nitrogens is 2. The van der Waals surface area contributed by atoms with E-state index in [1.165, 1.54) is 0 Å². The normalized spacial score (nSPS) is 29.8. The van der Waals surface area contributed by atoms with Crippen LogP contribution in [0.4, 0.5) is 0 Å². The van der Waals surface area contributed by atoms with Gasteiger partial charge in [0.05, 0.1) is 6.10 Å². The highest BCUT2D eigenvalue weighted by Gasteiger charge is 2.41. The van der Waals surface area contributed by atoms with Crippen LogP contribution in [-0.4, -0.2) is 44.9 Å². The Morgan fingerprint density at radius 1 is 1.42 bits per heavy atom. The molecule has 1 aliphatic carbocycles.